The molecule has 0 heterocycles. The van der Waals surface area contributed by atoms with Crippen molar-refractivity contribution in [3.63, 3.8) is 0 Å². The first kappa shape index (κ1) is 14.7. The van der Waals surface area contributed by atoms with Crippen LogP contribution in [-0.4, -0.2) is 5.54 Å². The van der Waals surface area contributed by atoms with Gasteiger partial charge in [-0.1, -0.05) is 24.9 Å². The van der Waals surface area contributed by atoms with E-state index in [4.69, 9.17) is 11.6 Å². The lowest BCUT2D eigenvalue weighted by Crippen LogP contribution is -2.40. The molecule has 0 unspecified atom stereocenters. The molecular formula is C15H18BrClN2. The Balaban J connectivity index is 2.11. The van der Waals surface area contributed by atoms with Crippen LogP contribution in [0.4, 0.5) is 5.69 Å². The van der Waals surface area contributed by atoms with Gasteiger partial charge in [0.05, 0.1) is 11.1 Å². The molecule has 0 bridgehead atoms. The van der Waals surface area contributed by atoms with E-state index in [0.717, 1.165) is 41.8 Å². The summed E-state index contributed by atoms with van der Waals surface area (Å²) in [6.45, 7) is 2.23. The zero-order valence-corrected chi connectivity index (χ0v) is 13.4. The molecule has 1 aromatic carbocycles. The fourth-order valence-corrected chi connectivity index (χ4v) is 3.19. The average molecular weight is 342 g/mol. The van der Waals surface area contributed by atoms with Crippen molar-refractivity contribution in [1.29, 1.82) is 5.26 Å². The van der Waals surface area contributed by atoms with Crippen LogP contribution >= 0.6 is 27.5 Å². The number of hydrogen-bond acceptors (Lipinski definition) is 2. The molecule has 1 fully saturated rings. The summed E-state index contributed by atoms with van der Waals surface area (Å²) in [5.74, 6) is 0.778. The molecule has 0 amide bonds. The van der Waals surface area contributed by atoms with Crippen molar-refractivity contribution in [3.8, 4) is 6.07 Å². The van der Waals surface area contributed by atoms with Crippen molar-refractivity contribution in [3.05, 3.63) is 27.7 Å². The zero-order valence-electron chi connectivity index (χ0n) is 11.0. The lowest BCUT2D eigenvalue weighted by molar-refractivity contribution is 0.290. The fraction of sp³-hybridized carbons (Fsp3) is 0.533. The van der Waals surface area contributed by atoms with Gasteiger partial charge in [-0.2, -0.15) is 5.26 Å². The summed E-state index contributed by atoms with van der Waals surface area (Å²) in [6, 6.07) is 8.20. The Hall–Kier alpha value is -0.720. The maximum Gasteiger partial charge on any atom is 0.125 e. The van der Waals surface area contributed by atoms with Crippen LogP contribution in [0, 0.1) is 17.2 Å². The van der Waals surface area contributed by atoms with Gasteiger partial charge in [0.2, 0.25) is 0 Å². The number of nitrogens with one attached hydrogen (secondary N) is 1. The summed E-state index contributed by atoms with van der Waals surface area (Å²) < 4.78 is 0.856. The molecule has 1 aliphatic carbocycles. The van der Waals surface area contributed by atoms with Crippen LogP contribution in [0.15, 0.2) is 22.7 Å². The van der Waals surface area contributed by atoms with Crippen molar-refractivity contribution >= 4 is 33.2 Å². The Labute approximate surface area is 128 Å². The van der Waals surface area contributed by atoms with Gasteiger partial charge in [-0.15, -0.1) is 0 Å². The third-order valence-electron chi connectivity index (χ3n) is 4.05. The number of rotatable bonds is 3. The maximum atomic E-state index is 9.54. The first-order chi connectivity index (χ1) is 9.08. The van der Waals surface area contributed by atoms with Gasteiger partial charge >= 0.3 is 0 Å². The molecule has 1 N–H and O–H groups in total. The van der Waals surface area contributed by atoms with Gasteiger partial charge < -0.3 is 5.32 Å². The molecule has 2 nitrogen and oxygen atoms in total. The number of halogens is 2. The standard InChI is InChI=1S/C15H18BrClN2/c1-2-11-5-7-15(10-18,8-6-11)19-12-3-4-14(17)13(16)9-12/h3-4,9,11,19H,2,5-8H2,1H3. The van der Waals surface area contributed by atoms with E-state index in [1.54, 1.807) is 0 Å². The van der Waals surface area contributed by atoms with E-state index in [1.807, 2.05) is 18.2 Å². The third-order valence-corrected chi connectivity index (χ3v) is 5.27. The highest BCUT2D eigenvalue weighted by Gasteiger charge is 2.34. The van der Waals surface area contributed by atoms with Crippen LogP contribution in [0.5, 0.6) is 0 Å². The average Bonchev–Trinajstić information content (AvgIpc) is 2.44. The van der Waals surface area contributed by atoms with Gasteiger partial charge in [-0.3, -0.25) is 0 Å². The zero-order chi connectivity index (χ0) is 13.9. The van der Waals surface area contributed by atoms with Gasteiger partial charge in [0, 0.05) is 10.2 Å². The Morgan fingerprint density at radius 1 is 1.47 bits per heavy atom. The molecule has 19 heavy (non-hydrogen) atoms. The summed E-state index contributed by atoms with van der Waals surface area (Å²) in [7, 11) is 0. The maximum absolute atomic E-state index is 9.54. The normalized spacial score (nSPS) is 26.7. The monoisotopic (exact) mass is 340 g/mol. The van der Waals surface area contributed by atoms with E-state index in [-0.39, 0.29) is 0 Å². The highest BCUT2D eigenvalue weighted by molar-refractivity contribution is 9.10. The van der Waals surface area contributed by atoms with Crippen LogP contribution < -0.4 is 5.32 Å². The number of nitrogens with zero attached hydrogens (tertiary/aromatic N) is 1. The van der Waals surface area contributed by atoms with Crippen LogP contribution in [0.1, 0.15) is 39.0 Å². The summed E-state index contributed by atoms with van der Waals surface area (Å²) in [6.07, 6.45) is 5.32. The molecule has 0 aliphatic heterocycles. The van der Waals surface area contributed by atoms with E-state index in [1.165, 1.54) is 6.42 Å². The first-order valence-electron chi connectivity index (χ1n) is 6.73. The Kier molecular flexibility index (Phi) is 4.76. The van der Waals surface area contributed by atoms with Crippen molar-refractivity contribution in [2.24, 2.45) is 5.92 Å². The quantitative estimate of drug-likeness (QED) is 0.801. The topological polar surface area (TPSA) is 35.8 Å². The van der Waals surface area contributed by atoms with Crippen LogP contribution in [0.25, 0.3) is 0 Å². The molecular weight excluding hydrogens is 324 g/mol. The minimum absolute atomic E-state index is 0.418. The molecule has 0 radical (unpaired) electrons. The molecule has 0 spiro atoms. The fourth-order valence-electron chi connectivity index (χ4n) is 2.69. The molecule has 2 rings (SSSR count). The van der Waals surface area contributed by atoms with Gasteiger partial charge in [0.15, 0.2) is 0 Å². The predicted octanol–water partition coefficient (Wildman–Crippen LogP) is 5.38. The first-order valence-corrected chi connectivity index (χ1v) is 7.90. The molecule has 0 aromatic heterocycles. The largest absolute Gasteiger partial charge is 0.367 e. The van der Waals surface area contributed by atoms with Gasteiger partial charge in [0.25, 0.3) is 0 Å². The van der Waals surface area contributed by atoms with Crippen LogP contribution in [-0.2, 0) is 0 Å². The highest BCUT2D eigenvalue weighted by atomic mass is 79.9. The van der Waals surface area contributed by atoms with Crippen molar-refractivity contribution < 1.29 is 0 Å². The summed E-state index contributed by atoms with van der Waals surface area (Å²) in [5.41, 5.74) is 0.534. The van der Waals surface area contributed by atoms with Gasteiger partial charge in [-0.25, -0.2) is 0 Å². The van der Waals surface area contributed by atoms with Gasteiger partial charge in [0.1, 0.15) is 5.54 Å². The Bertz CT molecular complexity index is 487. The van der Waals surface area contributed by atoms with Gasteiger partial charge in [-0.05, 0) is 65.7 Å². The van der Waals surface area contributed by atoms with Crippen molar-refractivity contribution in [2.75, 3.05) is 5.32 Å². The van der Waals surface area contributed by atoms with Crippen molar-refractivity contribution in [2.45, 2.75) is 44.6 Å². The Morgan fingerprint density at radius 3 is 2.68 bits per heavy atom. The second-order valence-corrected chi connectivity index (χ2v) is 6.56. The molecule has 1 aromatic rings. The molecule has 1 saturated carbocycles. The number of benzene rings is 1. The minimum Gasteiger partial charge on any atom is -0.367 e. The third kappa shape index (κ3) is 3.43. The smallest absolute Gasteiger partial charge is 0.125 e. The van der Waals surface area contributed by atoms with Crippen LogP contribution in [0.3, 0.4) is 0 Å². The van der Waals surface area contributed by atoms with E-state index in [0.29, 0.717) is 5.02 Å². The minimum atomic E-state index is -0.418. The second-order valence-electron chi connectivity index (χ2n) is 5.30. The van der Waals surface area contributed by atoms with Crippen molar-refractivity contribution in [1.82, 2.24) is 0 Å². The van der Waals surface area contributed by atoms with E-state index >= 15 is 0 Å². The molecule has 0 atom stereocenters. The number of anilines is 1. The summed E-state index contributed by atoms with van der Waals surface area (Å²) in [4.78, 5) is 0. The SMILES string of the molecule is CCC1CCC(C#N)(Nc2ccc(Cl)c(Br)c2)CC1. The van der Waals surface area contributed by atoms with E-state index in [9.17, 15) is 5.26 Å². The summed E-state index contributed by atoms with van der Waals surface area (Å²) in [5, 5.41) is 13.6. The summed E-state index contributed by atoms with van der Waals surface area (Å²) >= 11 is 9.41. The molecule has 102 valence electrons. The number of hydrogen-bond donors (Lipinski definition) is 1. The van der Waals surface area contributed by atoms with E-state index in [2.05, 4.69) is 34.2 Å². The molecule has 1 aliphatic rings. The number of nitriles is 1. The Morgan fingerprint density at radius 2 is 2.16 bits per heavy atom. The highest BCUT2D eigenvalue weighted by Crippen LogP contribution is 2.36. The second kappa shape index (κ2) is 6.15. The lowest BCUT2D eigenvalue weighted by Gasteiger charge is -2.36. The van der Waals surface area contributed by atoms with E-state index < -0.39 is 5.54 Å². The molecule has 4 heteroatoms. The molecule has 0 saturated heterocycles. The predicted molar refractivity (Wildman–Crippen MR) is 83.4 cm³/mol. The lowest BCUT2D eigenvalue weighted by atomic mass is 9.76. The van der Waals surface area contributed by atoms with Crippen LogP contribution in [0.2, 0.25) is 5.02 Å².